The molecule has 0 aliphatic heterocycles. The Kier molecular flexibility index (Phi) is 4.89. The van der Waals surface area contributed by atoms with Crippen LogP contribution in [0.1, 0.15) is 30.4 Å². The van der Waals surface area contributed by atoms with Crippen LogP contribution in [-0.2, 0) is 13.0 Å². The molecule has 0 fully saturated rings. The summed E-state index contributed by atoms with van der Waals surface area (Å²) >= 11 is 1.62. The molecule has 0 atom stereocenters. The average Bonchev–Trinajstić information content (AvgIpc) is 2.93. The van der Waals surface area contributed by atoms with Gasteiger partial charge in [-0.25, -0.2) is 15.0 Å². The molecule has 2 rings (SSSR count). The van der Waals surface area contributed by atoms with Crippen molar-refractivity contribution in [3.63, 3.8) is 0 Å². The first-order valence-corrected chi connectivity index (χ1v) is 7.73. The topological polar surface area (TPSA) is 53.9 Å². The number of nitrogens with zero attached hydrogens (tertiary/aromatic N) is 4. The minimum atomic E-state index is 0.760. The summed E-state index contributed by atoms with van der Waals surface area (Å²) in [5.74, 6) is 2.77. The standard InChI is InChI=1S/C14H21N5S/c1-5-6-12-17-13(15-3)10(2)14(18-12)19(4)7-11-8-20-9-16-11/h8-9H,5-7H2,1-4H3,(H,15,17,18). The van der Waals surface area contributed by atoms with Crippen LogP contribution < -0.4 is 10.2 Å². The summed E-state index contributed by atoms with van der Waals surface area (Å²) in [5.41, 5.74) is 4.00. The van der Waals surface area contributed by atoms with Gasteiger partial charge in [-0.15, -0.1) is 11.3 Å². The lowest BCUT2D eigenvalue weighted by Gasteiger charge is -2.21. The van der Waals surface area contributed by atoms with E-state index in [2.05, 4.69) is 39.4 Å². The van der Waals surface area contributed by atoms with Crippen molar-refractivity contribution in [2.75, 3.05) is 24.3 Å². The second-order valence-corrected chi connectivity index (χ2v) is 5.49. The third-order valence-corrected chi connectivity index (χ3v) is 3.76. The minimum Gasteiger partial charge on any atom is -0.373 e. The molecule has 0 unspecified atom stereocenters. The molecule has 0 amide bonds. The molecule has 0 saturated heterocycles. The molecule has 1 N–H and O–H groups in total. The second kappa shape index (κ2) is 6.65. The fourth-order valence-corrected chi connectivity index (χ4v) is 2.68. The number of hydrogen-bond acceptors (Lipinski definition) is 6. The monoisotopic (exact) mass is 291 g/mol. The van der Waals surface area contributed by atoms with Crippen LogP contribution in [0.4, 0.5) is 11.6 Å². The van der Waals surface area contributed by atoms with E-state index in [4.69, 9.17) is 4.98 Å². The van der Waals surface area contributed by atoms with Crippen molar-refractivity contribution in [2.24, 2.45) is 0 Å². The highest BCUT2D eigenvalue weighted by Crippen LogP contribution is 2.24. The zero-order valence-electron chi connectivity index (χ0n) is 12.5. The van der Waals surface area contributed by atoms with E-state index in [1.54, 1.807) is 11.3 Å². The maximum Gasteiger partial charge on any atom is 0.137 e. The summed E-state index contributed by atoms with van der Waals surface area (Å²) < 4.78 is 0. The quantitative estimate of drug-likeness (QED) is 0.887. The van der Waals surface area contributed by atoms with Gasteiger partial charge in [-0.05, 0) is 13.3 Å². The van der Waals surface area contributed by atoms with E-state index in [9.17, 15) is 0 Å². The number of aryl methyl sites for hydroxylation is 1. The van der Waals surface area contributed by atoms with Crippen molar-refractivity contribution in [1.82, 2.24) is 15.0 Å². The van der Waals surface area contributed by atoms with Gasteiger partial charge in [-0.3, -0.25) is 0 Å². The Morgan fingerprint density at radius 3 is 2.75 bits per heavy atom. The smallest absolute Gasteiger partial charge is 0.137 e. The Labute approximate surface area is 124 Å². The van der Waals surface area contributed by atoms with Crippen LogP contribution in [0, 0.1) is 6.92 Å². The van der Waals surface area contributed by atoms with Gasteiger partial charge in [-0.1, -0.05) is 6.92 Å². The van der Waals surface area contributed by atoms with Crippen LogP contribution in [0.3, 0.4) is 0 Å². The third kappa shape index (κ3) is 3.25. The van der Waals surface area contributed by atoms with E-state index in [-0.39, 0.29) is 0 Å². The summed E-state index contributed by atoms with van der Waals surface area (Å²) in [7, 11) is 3.94. The summed E-state index contributed by atoms with van der Waals surface area (Å²) in [6, 6.07) is 0. The highest BCUT2D eigenvalue weighted by atomic mass is 32.1. The van der Waals surface area contributed by atoms with Crippen molar-refractivity contribution in [3.05, 3.63) is 28.0 Å². The van der Waals surface area contributed by atoms with Crippen molar-refractivity contribution < 1.29 is 0 Å². The Morgan fingerprint density at radius 2 is 2.15 bits per heavy atom. The summed E-state index contributed by atoms with van der Waals surface area (Å²) in [4.78, 5) is 15.7. The van der Waals surface area contributed by atoms with E-state index in [0.29, 0.717) is 0 Å². The van der Waals surface area contributed by atoms with Crippen LogP contribution in [-0.4, -0.2) is 29.0 Å². The van der Waals surface area contributed by atoms with Crippen LogP contribution >= 0.6 is 11.3 Å². The van der Waals surface area contributed by atoms with Crippen molar-refractivity contribution in [3.8, 4) is 0 Å². The molecular weight excluding hydrogens is 270 g/mol. The fraction of sp³-hybridized carbons (Fsp3) is 0.500. The van der Waals surface area contributed by atoms with Gasteiger partial charge in [0, 0.05) is 31.5 Å². The first-order chi connectivity index (χ1) is 9.65. The van der Waals surface area contributed by atoms with Gasteiger partial charge in [0.1, 0.15) is 17.5 Å². The van der Waals surface area contributed by atoms with Gasteiger partial charge < -0.3 is 10.2 Å². The van der Waals surface area contributed by atoms with E-state index < -0.39 is 0 Å². The van der Waals surface area contributed by atoms with E-state index >= 15 is 0 Å². The molecule has 0 saturated carbocycles. The van der Waals surface area contributed by atoms with Crippen LogP contribution in [0.5, 0.6) is 0 Å². The highest BCUT2D eigenvalue weighted by Gasteiger charge is 2.14. The molecule has 2 heterocycles. The number of anilines is 2. The molecule has 20 heavy (non-hydrogen) atoms. The SMILES string of the molecule is CCCc1nc(NC)c(C)c(N(C)Cc2cscn2)n1. The molecule has 0 aliphatic rings. The first kappa shape index (κ1) is 14.7. The molecule has 6 heteroatoms. The molecule has 0 aromatic carbocycles. The van der Waals surface area contributed by atoms with E-state index in [1.165, 1.54) is 0 Å². The first-order valence-electron chi connectivity index (χ1n) is 6.79. The molecule has 0 spiro atoms. The van der Waals surface area contributed by atoms with Crippen molar-refractivity contribution in [1.29, 1.82) is 0 Å². The molecule has 2 aromatic heterocycles. The van der Waals surface area contributed by atoms with Crippen LogP contribution in [0.15, 0.2) is 10.9 Å². The Bertz CT molecular complexity index is 553. The van der Waals surface area contributed by atoms with Gasteiger partial charge in [0.2, 0.25) is 0 Å². The van der Waals surface area contributed by atoms with Crippen molar-refractivity contribution in [2.45, 2.75) is 33.2 Å². The largest absolute Gasteiger partial charge is 0.373 e. The van der Waals surface area contributed by atoms with E-state index in [0.717, 1.165) is 48.1 Å². The van der Waals surface area contributed by atoms with Crippen LogP contribution in [0.25, 0.3) is 0 Å². The Morgan fingerprint density at radius 1 is 1.35 bits per heavy atom. The zero-order valence-corrected chi connectivity index (χ0v) is 13.3. The summed E-state index contributed by atoms with van der Waals surface area (Å²) in [6.45, 7) is 4.95. The highest BCUT2D eigenvalue weighted by molar-refractivity contribution is 7.07. The lowest BCUT2D eigenvalue weighted by Crippen LogP contribution is -2.21. The number of hydrogen-bond donors (Lipinski definition) is 1. The predicted molar refractivity (Wildman–Crippen MR) is 84.5 cm³/mol. The van der Waals surface area contributed by atoms with E-state index in [1.807, 2.05) is 19.6 Å². The number of rotatable bonds is 6. The maximum absolute atomic E-state index is 4.70. The van der Waals surface area contributed by atoms with Crippen molar-refractivity contribution >= 4 is 23.0 Å². The summed E-state index contributed by atoms with van der Waals surface area (Å²) in [5, 5.41) is 5.23. The van der Waals surface area contributed by atoms with Gasteiger partial charge in [0.25, 0.3) is 0 Å². The summed E-state index contributed by atoms with van der Waals surface area (Å²) in [6.07, 6.45) is 1.94. The lowest BCUT2D eigenvalue weighted by atomic mass is 10.2. The van der Waals surface area contributed by atoms with Gasteiger partial charge >= 0.3 is 0 Å². The maximum atomic E-state index is 4.70. The number of thiazole rings is 1. The average molecular weight is 291 g/mol. The molecule has 108 valence electrons. The van der Waals surface area contributed by atoms with Gasteiger partial charge in [0.05, 0.1) is 17.7 Å². The zero-order chi connectivity index (χ0) is 14.5. The molecule has 0 bridgehead atoms. The number of aromatic nitrogens is 3. The van der Waals surface area contributed by atoms with Crippen LogP contribution in [0.2, 0.25) is 0 Å². The molecule has 0 radical (unpaired) electrons. The van der Waals surface area contributed by atoms with Gasteiger partial charge in [-0.2, -0.15) is 0 Å². The molecule has 5 nitrogen and oxygen atoms in total. The van der Waals surface area contributed by atoms with Gasteiger partial charge in [0.15, 0.2) is 0 Å². The molecule has 2 aromatic rings. The fourth-order valence-electron chi connectivity index (χ4n) is 2.13. The lowest BCUT2D eigenvalue weighted by molar-refractivity contribution is 0.803. The second-order valence-electron chi connectivity index (χ2n) is 4.77. The Hall–Kier alpha value is -1.69. The molecule has 0 aliphatic carbocycles. The Balaban J connectivity index is 2.30. The minimum absolute atomic E-state index is 0.760. The third-order valence-electron chi connectivity index (χ3n) is 3.12. The number of nitrogens with one attached hydrogen (secondary N) is 1. The normalized spacial score (nSPS) is 10.6. The predicted octanol–water partition coefficient (Wildman–Crippen LogP) is 2.87. The molecular formula is C14H21N5S.